The molecule has 1 rings (SSSR count). The number of aliphatic hydroxyl groups is 4. The average Bonchev–Trinajstić information content (AvgIpc) is 2.30. The van der Waals surface area contributed by atoms with E-state index >= 15 is 0 Å². The molecule has 0 bridgehead atoms. The summed E-state index contributed by atoms with van der Waals surface area (Å²) in [4.78, 5) is 22.0. The molecule has 0 spiro atoms. The van der Waals surface area contributed by atoms with Crippen LogP contribution in [0.4, 0.5) is 0 Å². The molecule has 1 heterocycles. The number of esters is 1. The van der Waals surface area contributed by atoms with E-state index < -0.39 is 42.5 Å². The second kappa shape index (κ2) is 5.74. The highest BCUT2D eigenvalue weighted by atomic mass is 79.9. The molecule has 0 aromatic rings. The van der Waals surface area contributed by atoms with Crippen LogP contribution in [-0.4, -0.2) is 68.3 Å². The zero-order valence-electron chi connectivity index (χ0n) is 8.49. The summed E-state index contributed by atoms with van der Waals surface area (Å²) in [7, 11) is 0. The van der Waals surface area contributed by atoms with Crippen molar-refractivity contribution >= 4 is 27.8 Å². The van der Waals surface area contributed by atoms with Gasteiger partial charge in [0.25, 0.3) is 0 Å². The first-order valence-electron chi connectivity index (χ1n) is 4.66. The van der Waals surface area contributed by atoms with Gasteiger partial charge >= 0.3 is 5.97 Å². The van der Waals surface area contributed by atoms with Gasteiger partial charge in [-0.05, 0) is 0 Å². The van der Waals surface area contributed by atoms with Gasteiger partial charge in [0.15, 0.2) is 18.4 Å². The smallest absolute Gasteiger partial charge is 0.338 e. The lowest BCUT2D eigenvalue weighted by molar-refractivity contribution is -0.217. The molecule has 0 radical (unpaired) electrons. The maximum absolute atomic E-state index is 11.0. The van der Waals surface area contributed by atoms with Gasteiger partial charge in [-0.15, -0.1) is 0 Å². The summed E-state index contributed by atoms with van der Waals surface area (Å²) in [6, 6.07) is 0. The minimum absolute atomic E-state index is 0.0913. The first-order valence-corrected chi connectivity index (χ1v) is 5.78. The van der Waals surface area contributed by atoms with Crippen LogP contribution < -0.4 is 5.32 Å². The van der Waals surface area contributed by atoms with Crippen LogP contribution in [0, 0.1) is 0 Å². The molecule has 9 heteroatoms. The van der Waals surface area contributed by atoms with Gasteiger partial charge < -0.3 is 30.5 Å². The lowest BCUT2D eigenvalue weighted by Crippen LogP contribution is -2.62. The van der Waals surface area contributed by atoms with E-state index in [4.69, 9.17) is 5.11 Å². The van der Waals surface area contributed by atoms with Crippen molar-refractivity contribution in [2.45, 2.75) is 30.6 Å². The summed E-state index contributed by atoms with van der Waals surface area (Å²) in [5.74, 6) is -1.78. The maximum Gasteiger partial charge on any atom is 0.338 e. The number of nitrogens with one attached hydrogen (secondary N) is 1. The summed E-state index contributed by atoms with van der Waals surface area (Å²) in [5, 5.41) is 39.3. The number of aliphatic hydroxyl groups excluding tert-OH is 4. The average molecular weight is 314 g/mol. The Morgan fingerprint density at radius 1 is 1.41 bits per heavy atom. The third-order valence-corrected chi connectivity index (χ3v) is 2.75. The summed E-state index contributed by atoms with van der Waals surface area (Å²) in [5.41, 5.74) is 0. The first kappa shape index (κ1) is 14.3. The first-order chi connectivity index (χ1) is 7.88. The van der Waals surface area contributed by atoms with Gasteiger partial charge in [-0.3, -0.25) is 4.79 Å². The van der Waals surface area contributed by atoms with Gasteiger partial charge in [0.1, 0.15) is 12.2 Å². The van der Waals surface area contributed by atoms with Crippen molar-refractivity contribution < 1.29 is 34.8 Å². The highest BCUT2D eigenvalue weighted by molar-refractivity contribution is 9.09. The van der Waals surface area contributed by atoms with Gasteiger partial charge in [0, 0.05) is 0 Å². The minimum atomic E-state index is -1.87. The van der Waals surface area contributed by atoms with Gasteiger partial charge in [0.05, 0.1) is 5.33 Å². The van der Waals surface area contributed by atoms with E-state index in [1.165, 1.54) is 0 Å². The van der Waals surface area contributed by atoms with Crippen molar-refractivity contribution in [3.8, 4) is 0 Å². The molecule has 1 saturated heterocycles. The SMILES string of the molecule is O=C(CBr)NC(O)[C@@H]1OC(=O)[C@@H](O)[C@@H](O)[C@@H]1O. The van der Waals surface area contributed by atoms with Crippen molar-refractivity contribution in [2.24, 2.45) is 0 Å². The van der Waals surface area contributed by atoms with Crippen LogP contribution in [0.2, 0.25) is 0 Å². The molecule has 8 nitrogen and oxygen atoms in total. The van der Waals surface area contributed by atoms with Crippen molar-refractivity contribution in [1.82, 2.24) is 5.32 Å². The van der Waals surface area contributed by atoms with Gasteiger partial charge in [-0.1, -0.05) is 15.9 Å². The topological polar surface area (TPSA) is 136 Å². The van der Waals surface area contributed by atoms with Crippen LogP contribution >= 0.6 is 15.9 Å². The predicted molar refractivity (Wildman–Crippen MR) is 55.8 cm³/mol. The molecule has 5 atom stereocenters. The molecular weight excluding hydrogens is 302 g/mol. The number of alkyl halides is 1. The van der Waals surface area contributed by atoms with Crippen LogP contribution in [0.1, 0.15) is 0 Å². The van der Waals surface area contributed by atoms with E-state index in [1.54, 1.807) is 0 Å². The summed E-state index contributed by atoms with van der Waals surface area (Å²) >= 11 is 2.83. The molecular formula is C8H12BrNO7. The number of cyclic esters (lactones) is 1. The van der Waals surface area contributed by atoms with Crippen LogP contribution in [0.15, 0.2) is 0 Å². The van der Waals surface area contributed by atoms with Gasteiger partial charge in [0.2, 0.25) is 5.91 Å². The number of hydrogen-bond donors (Lipinski definition) is 5. The molecule has 17 heavy (non-hydrogen) atoms. The molecule has 1 aliphatic rings. The summed E-state index contributed by atoms with van der Waals surface area (Å²) in [6.07, 6.45) is -8.57. The van der Waals surface area contributed by atoms with Crippen molar-refractivity contribution in [2.75, 3.05) is 5.33 Å². The predicted octanol–water partition coefficient (Wildman–Crippen LogP) is -3.18. The van der Waals surface area contributed by atoms with Crippen molar-refractivity contribution in [1.29, 1.82) is 0 Å². The zero-order chi connectivity index (χ0) is 13.2. The number of rotatable bonds is 3. The molecule has 98 valence electrons. The third kappa shape index (κ3) is 3.13. The Balaban J connectivity index is 2.70. The Bertz CT molecular complexity index is 312. The van der Waals surface area contributed by atoms with E-state index in [0.717, 1.165) is 0 Å². The Morgan fingerprint density at radius 2 is 2.00 bits per heavy atom. The zero-order valence-corrected chi connectivity index (χ0v) is 10.1. The highest BCUT2D eigenvalue weighted by Crippen LogP contribution is 2.18. The second-order valence-corrected chi connectivity index (χ2v) is 4.03. The van der Waals surface area contributed by atoms with Crippen LogP contribution in [0.5, 0.6) is 0 Å². The Morgan fingerprint density at radius 3 is 2.53 bits per heavy atom. The number of hydrogen-bond acceptors (Lipinski definition) is 7. The molecule has 0 saturated carbocycles. The van der Waals surface area contributed by atoms with Crippen LogP contribution in [-0.2, 0) is 14.3 Å². The highest BCUT2D eigenvalue weighted by Gasteiger charge is 2.46. The van der Waals surface area contributed by atoms with Crippen LogP contribution in [0.3, 0.4) is 0 Å². The number of ether oxygens (including phenoxy) is 1. The molecule has 5 N–H and O–H groups in total. The fraction of sp³-hybridized carbons (Fsp3) is 0.750. The van der Waals surface area contributed by atoms with E-state index in [-0.39, 0.29) is 5.33 Å². The molecule has 0 aliphatic carbocycles. The number of amides is 1. The summed E-state index contributed by atoms with van der Waals surface area (Å²) < 4.78 is 4.51. The summed E-state index contributed by atoms with van der Waals surface area (Å²) in [6.45, 7) is 0. The monoisotopic (exact) mass is 313 g/mol. The maximum atomic E-state index is 11.0. The van der Waals surface area contributed by atoms with Gasteiger partial charge in [-0.25, -0.2) is 4.79 Å². The van der Waals surface area contributed by atoms with E-state index in [0.29, 0.717) is 0 Å². The number of halogens is 1. The lowest BCUT2D eigenvalue weighted by Gasteiger charge is -2.36. The number of carbonyl (C=O) groups is 2. The molecule has 1 unspecified atom stereocenters. The minimum Gasteiger partial charge on any atom is -0.453 e. The molecule has 0 aromatic carbocycles. The molecule has 1 aliphatic heterocycles. The molecule has 0 aromatic heterocycles. The van der Waals surface area contributed by atoms with E-state index in [2.05, 4.69) is 20.7 Å². The Hall–Kier alpha value is -0.740. The van der Waals surface area contributed by atoms with Crippen molar-refractivity contribution in [3.63, 3.8) is 0 Å². The fourth-order valence-corrected chi connectivity index (χ4v) is 1.49. The largest absolute Gasteiger partial charge is 0.453 e. The quantitative estimate of drug-likeness (QED) is 0.210. The Labute approximate surface area is 104 Å². The van der Waals surface area contributed by atoms with E-state index in [1.807, 2.05) is 5.32 Å². The lowest BCUT2D eigenvalue weighted by atomic mass is 9.98. The Kier molecular flexibility index (Phi) is 4.83. The molecule has 1 fully saturated rings. The van der Waals surface area contributed by atoms with Crippen LogP contribution in [0.25, 0.3) is 0 Å². The molecule has 1 amide bonds. The second-order valence-electron chi connectivity index (χ2n) is 3.47. The third-order valence-electron chi connectivity index (χ3n) is 2.25. The van der Waals surface area contributed by atoms with E-state index in [9.17, 15) is 24.9 Å². The standard InChI is InChI=1S/C8H12BrNO7/c9-1-2(11)10-7(15)6-4(13)3(12)5(14)8(16)17-6/h3-7,12-15H,1H2,(H,10,11)/t3-,4-,5-,6+,7?/m0/s1. The van der Waals surface area contributed by atoms with Crippen molar-refractivity contribution in [3.05, 3.63) is 0 Å². The fourth-order valence-electron chi connectivity index (χ4n) is 1.33. The van der Waals surface area contributed by atoms with Gasteiger partial charge in [-0.2, -0.15) is 0 Å². The number of carbonyl (C=O) groups excluding carboxylic acids is 2. The normalized spacial score (nSPS) is 35.0.